The van der Waals surface area contributed by atoms with Gasteiger partial charge in [-0.05, 0) is 205 Å². The summed E-state index contributed by atoms with van der Waals surface area (Å²) in [6.07, 6.45) is 4.63. The van der Waals surface area contributed by atoms with Gasteiger partial charge in [0.2, 0.25) is 0 Å². The minimum Gasteiger partial charge on any atom is -0.489 e. The third-order valence-electron chi connectivity index (χ3n) is 20.4. The van der Waals surface area contributed by atoms with Crippen LogP contribution in [-0.2, 0) is 24.9 Å². The molecule has 15 aromatic rings. The molecule has 91 heavy (non-hydrogen) atoms. The summed E-state index contributed by atoms with van der Waals surface area (Å²) >= 11 is 0. The maximum Gasteiger partial charge on any atom is 0.119 e. The van der Waals surface area contributed by atoms with Crippen LogP contribution in [0.5, 0.6) is 5.75 Å². The van der Waals surface area contributed by atoms with Crippen molar-refractivity contribution in [2.24, 2.45) is 0 Å². The molecule has 436 valence electrons. The number of benzene rings is 13. The van der Waals surface area contributed by atoms with Gasteiger partial charge in [0, 0.05) is 32.9 Å². The van der Waals surface area contributed by atoms with Crippen LogP contribution >= 0.6 is 0 Å². The monoisotopic (exact) mass is 1170 g/mol. The van der Waals surface area contributed by atoms with Gasteiger partial charge in [-0.3, -0.25) is 0 Å². The van der Waals surface area contributed by atoms with E-state index in [0.717, 1.165) is 35.5 Å². The van der Waals surface area contributed by atoms with Gasteiger partial charge < -0.3 is 13.9 Å². The van der Waals surface area contributed by atoms with Crippen molar-refractivity contribution in [3.8, 4) is 61.6 Å². The molecule has 2 unspecified atom stereocenters. The zero-order chi connectivity index (χ0) is 60.6. The van der Waals surface area contributed by atoms with Gasteiger partial charge in [0.15, 0.2) is 0 Å². The van der Waals surface area contributed by atoms with Crippen LogP contribution in [0.2, 0.25) is 0 Å². The van der Waals surface area contributed by atoms with Gasteiger partial charge in [-0.25, -0.2) is 0 Å². The van der Waals surface area contributed by atoms with Gasteiger partial charge in [-0.2, -0.15) is 0 Å². The van der Waals surface area contributed by atoms with E-state index in [1.165, 1.54) is 145 Å². The Morgan fingerprint density at radius 3 is 1.26 bits per heavy atom. The van der Waals surface area contributed by atoms with E-state index in [-0.39, 0.29) is 0 Å². The fraction of sp³-hybridized carbons (Fsp3) is 0.114. The summed E-state index contributed by atoms with van der Waals surface area (Å²) in [4.78, 5) is 0. The van der Waals surface area contributed by atoms with Crippen LogP contribution in [0.4, 0.5) is 0 Å². The summed E-state index contributed by atoms with van der Waals surface area (Å²) in [5, 5.41) is 5.04. The van der Waals surface area contributed by atoms with Gasteiger partial charge in [-0.15, -0.1) is 0 Å². The fourth-order valence-corrected chi connectivity index (χ4v) is 15.5. The van der Waals surface area contributed by atoms with Crippen LogP contribution in [0.25, 0.3) is 99.5 Å². The maximum absolute atomic E-state index is 6.71. The van der Waals surface area contributed by atoms with Gasteiger partial charge in [0.1, 0.15) is 12.4 Å². The lowest BCUT2D eigenvalue weighted by Crippen LogP contribution is -2.28. The summed E-state index contributed by atoms with van der Waals surface area (Å²) in [6.45, 7) is 5.20. The molecule has 0 fully saturated rings. The van der Waals surface area contributed by atoms with E-state index in [0.29, 0.717) is 18.4 Å². The number of hydrogen-bond acceptors (Lipinski definition) is 1. The molecule has 0 bridgehead atoms. The summed E-state index contributed by atoms with van der Waals surface area (Å²) in [5.41, 5.74) is 28.2. The van der Waals surface area contributed by atoms with Gasteiger partial charge in [0.05, 0.1) is 27.5 Å². The zero-order valence-corrected chi connectivity index (χ0v) is 51.4. The Hall–Kier alpha value is -10.7. The molecular weight excluding hydrogens is 1100 g/mol. The highest BCUT2D eigenvalue weighted by molar-refractivity contribution is 6.10. The lowest BCUT2D eigenvalue weighted by Gasteiger charge is -2.34. The molecule has 2 aliphatic carbocycles. The zero-order valence-electron chi connectivity index (χ0n) is 51.4. The Bertz CT molecular complexity index is 4910. The predicted molar refractivity (Wildman–Crippen MR) is 379 cm³/mol. The number of rotatable bonds is 15. The topological polar surface area (TPSA) is 19.1 Å². The number of hydrogen-bond donors (Lipinski definition) is 0. The van der Waals surface area contributed by atoms with Gasteiger partial charge in [0.25, 0.3) is 0 Å². The summed E-state index contributed by atoms with van der Waals surface area (Å²) < 4.78 is 11.5. The largest absolute Gasteiger partial charge is 0.489 e. The number of aromatic nitrogens is 2. The van der Waals surface area contributed by atoms with E-state index in [9.17, 15) is 0 Å². The SMILES string of the molecule is CCC(CC(C)c1ccc(-c2ccc3c(c2)CC3)cc1)c1ccc(COc2ccc(C3(c4ccccc4)c4cc(-c5ccc(-n6c7ccccc7c7ccccc76)cc5)ccc4-c4ccc(-c5ccc(-n6c7ccccc7c7ccccc76)cc5)cc43)cc2)cc1. The first-order valence-electron chi connectivity index (χ1n) is 32.5. The lowest BCUT2D eigenvalue weighted by atomic mass is 9.67. The maximum atomic E-state index is 6.71. The van der Waals surface area contributed by atoms with Crippen molar-refractivity contribution in [1.29, 1.82) is 0 Å². The molecule has 2 aromatic heterocycles. The Kier molecular flexibility index (Phi) is 13.4. The summed E-state index contributed by atoms with van der Waals surface area (Å²) in [5.74, 6) is 1.76. The fourth-order valence-electron chi connectivity index (χ4n) is 15.5. The van der Waals surface area contributed by atoms with Gasteiger partial charge in [-0.1, -0.05) is 244 Å². The average molecular weight is 1170 g/mol. The van der Waals surface area contributed by atoms with E-state index in [2.05, 4.69) is 326 Å². The second-order valence-corrected chi connectivity index (χ2v) is 25.4. The third-order valence-corrected chi connectivity index (χ3v) is 20.4. The second kappa shape index (κ2) is 22.4. The Labute approximate surface area is 532 Å². The van der Waals surface area contributed by atoms with Gasteiger partial charge >= 0.3 is 0 Å². The van der Waals surface area contributed by atoms with E-state index in [1.54, 1.807) is 0 Å². The van der Waals surface area contributed by atoms with Crippen LogP contribution in [0.1, 0.15) is 88.6 Å². The first kappa shape index (κ1) is 54.4. The number of aryl methyl sites for hydroxylation is 2. The number of para-hydroxylation sites is 4. The lowest BCUT2D eigenvalue weighted by molar-refractivity contribution is 0.306. The van der Waals surface area contributed by atoms with Crippen molar-refractivity contribution < 1.29 is 4.74 Å². The van der Waals surface area contributed by atoms with E-state index in [4.69, 9.17) is 4.74 Å². The molecule has 2 aliphatic rings. The molecule has 0 aliphatic heterocycles. The molecule has 0 saturated carbocycles. The molecule has 0 amide bonds. The van der Waals surface area contributed by atoms with Crippen molar-refractivity contribution in [1.82, 2.24) is 9.13 Å². The molecule has 0 N–H and O–H groups in total. The Balaban J connectivity index is 0.697. The van der Waals surface area contributed by atoms with Crippen molar-refractivity contribution in [2.75, 3.05) is 0 Å². The summed E-state index contributed by atoms with van der Waals surface area (Å²) in [7, 11) is 0. The highest BCUT2D eigenvalue weighted by Crippen LogP contribution is 2.58. The standard InChI is InChI=1S/C88H68N2O/c1-3-60(53-58(2)61-29-31-63(32-30-61)67-35-33-64-34-36-68(64)54-67)62-27-25-59(26-28-62)57-91-75-49-43-72(44-50-75)88(71-15-5-4-6-16-71)82-55-69(65-37-45-73(46-38-65)89-84-21-11-7-17-78(84)79-18-8-12-22-85(79)89)41-51-76(82)77-52-42-70(56-83(77)88)66-39-47-74(48-40-66)90-86-23-13-9-19-80(86)81-20-10-14-24-87(81)90/h4-33,35,37-52,54-56,58,60H,3,34,36,53,57H2,1-2H3. The van der Waals surface area contributed by atoms with Crippen LogP contribution < -0.4 is 4.74 Å². The average Bonchev–Trinajstić information content (AvgIpc) is 1.56. The molecule has 2 heterocycles. The molecule has 13 aromatic carbocycles. The number of nitrogens with zero attached hydrogens (tertiary/aromatic N) is 2. The van der Waals surface area contributed by atoms with Crippen LogP contribution in [-0.4, -0.2) is 9.13 Å². The number of fused-ring (bicyclic) bond motifs is 10. The third kappa shape index (κ3) is 9.24. The first-order chi connectivity index (χ1) is 44.9. The van der Waals surface area contributed by atoms with Crippen molar-refractivity contribution in [2.45, 2.75) is 63.4 Å². The molecule has 3 nitrogen and oxygen atoms in total. The minimum atomic E-state index is -0.669. The van der Waals surface area contributed by atoms with Crippen molar-refractivity contribution >= 4 is 43.6 Å². The van der Waals surface area contributed by atoms with E-state index < -0.39 is 5.41 Å². The molecule has 2 atom stereocenters. The molecule has 3 heteroatoms. The van der Waals surface area contributed by atoms with Crippen LogP contribution in [0.3, 0.4) is 0 Å². The minimum absolute atomic E-state index is 0.450. The summed E-state index contributed by atoms with van der Waals surface area (Å²) in [6, 6.07) is 113. The molecule has 0 spiro atoms. The highest BCUT2D eigenvalue weighted by atomic mass is 16.5. The quantitative estimate of drug-likeness (QED) is 0.100. The Morgan fingerprint density at radius 2 is 0.791 bits per heavy atom. The van der Waals surface area contributed by atoms with E-state index in [1.807, 2.05) is 0 Å². The molecule has 17 rings (SSSR count). The van der Waals surface area contributed by atoms with E-state index >= 15 is 0 Å². The normalized spacial score (nSPS) is 13.6. The number of ether oxygens (including phenoxy) is 1. The molecular formula is C88H68N2O. The molecule has 0 saturated heterocycles. The first-order valence-corrected chi connectivity index (χ1v) is 32.5. The highest BCUT2D eigenvalue weighted by Gasteiger charge is 2.46. The second-order valence-electron chi connectivity index (χ2n) is 25.4. The van der Waals surface area contributed by atoms with Crippen molar-refractivity contribution in [3.63, 3.8) is 0 Å². The predicted octanol–water partition coefficient (Wildman–Crippen LogP) is 22.6. The Morgan fingerprint density at radius 1 is 0.374 bits per heavy atom. The van der Waals surface area contributed by atoms with Crippen molar-refractivity contribution in [3.05, 3.63) is 353 Å². The molecule has 0 radical (unpaired) electrons. The van der Waals surface area contributed by atoms with Crippen LogP contribution in [0.15, 0.2) is 303 Å². The smallest absolute Gasteiger partial charge is 0.119 e. The van der Waals surface area contributed by atoms with Crippen LogP contribution in [0, 0.1) is 0 Å².